The minimum Gasteiger partial charge on any atom is -0.507 e. The first-order valence-corrected chi connectivity index (χ1v) is 11.8. The van der Waals surface area contributed by atoms with Crippen molar-refractivity contribution in [1.82, 2.24) is 4.90 Å². The highest BCUT2D eigenvalue weighted by molar-refractivity contribution is 9.10. The van der Waals surface area contributed by atoms with Gasteiger partial charge in [0, 0.05) is 35.6 Å². The molecule has 0 unspecified atom stereocenters. The van der Waals surface area contributed by atoms with E-state index < -0.39 is 0 Å². The zero-order chi connectivity index (χ0) is 22.6. The highest BCUT2D eigenvalue weighted by Crippen LogP contribution is 2.43. The molecule has 3 aromatic rings. The second-order valence-electron chi connectivity index (χ2n) is 9.31. The lowest BCUT2D eigenvalue weighted by Gasteiger charge is -2.35. The first-order chi connectivity index (χ1) is 15.3. The largest absolute Gasteiger partial charge is 0.507 e. The monoisotopic (exact) mass is 495 g/mol. The number of fused-ring (bicyclic) bond motifs is 2. The Kier molecular flexibility index (Phi) is 5.38. The van der Waals surface area contributed by atoms with Gasteiger partial charge in [-0.05, 0) is 61.1 Å². The molecule has 2 aromatic carbocycles. The quantitative estimate of drug-likeness (QED) is 0.431. The van der Waals surface area contributed by atoms with Crippen LogP contribution in [0.2, 0.25) is 0 Å². The van der Waals surface area contributed by atoms with Gasteiger partial charge in [0.2, 0.25) is 5.78 Å². The molecule has 5 nitrogen and oxygen atoms in total. The van der Waals surface area contributed by atoms with E-state index in [0.29, 0.717) is 46.6 Å². The Bertz CT molecular complexity index is 1250. The molecule has 5 rings (SSSR count). The number of rotatable bonds is 3. The summed E-state index contributed by atoms with van der Waals surface area (Å²) in [6.45, 7) is 8.84. The van der Waals surface area contributed by atoms with E-state index >= 15 is 0 Å². The Morgan fingerprint density at radius 1 is 1.19 bits per heavy atom. The zero-order valence-electron chi connectivity index (χ0n) is 18.4. The van der Waals surface area contributed by atoms with Gasteiger partial charge in [0.15, 0.2) is 5.76 Å². The number of carbonyl (C=O) groups is 1. The van der Waals surface area contributed by atoms with Crippen LogP contribution in [0.1, 0.15) is 47.5 Å². The summed E-state index contributed by atoms with van der Waals surface area (Å²) in [5, 5.41) is 11.7. The Hall–Kier alpha value is -2.57. The number of hydrogen-bond donors (Lipinski definition) is 1. The summed E-state index contributed by atoms with van der Waals surface area (Å²) in [6, 6.07) is 9.32. The average Bonchev–Trinajstić information content (AvgIpc) is 3.25. The van der Waals surface area contributed by atoms with E-state index in [9.17, 15) is 9.90 Å². The second-order valence-corrected chi connectivity index (χ2v) is 10.2. The van der Waals surface area contributed by atoms with Crippen LogP contribution in [0.25, 0.3) is 17.0 Å². The number of allylic oxidation sites excluding steroid dienone is 1. The average molecular weight is 496 g/mol. The third-order valence-corrected chi connectivity index (χ3v) is 6.81. The van der Waals surface area contributed by atoms with Gasteiger partial charge in [0.1, 0.15) is 22.8 Å². The molecule has 32 heavy (non-hydrogen) atoms. The molecule has 0 amide bonds. The molecule has 6 heteroatoms. The van der Waals surface area contributed by atoms with E-state index in [0.717, 1.165) is 28.5 Å². The van der Waals surface area contributed by atoms with E-state index in [1.807, 2.05) is 31.2 Å². The fourth-order valence-corrected chi connectivity index (χ4v) is 5.49. The fourth-order valence-electron chi connectivity index (χ4n) is 5.11. The third kappa shape index (κ3) is 3.86. The van der Waals surface area contributed by atoms with Crippen molar-refractivity contribution >= 4 is 38.8 Å². The molecule has 166 valence electrons. The molecule has 1 aromatic heterocycles. The van der Waals surface area contributed by atoms with Crippen molar-refractivity contribution in [2.24, 2.45) is 11.8 Å². The van der Waals surface area contributed by atoms with Crippen LogP contribution in [0.15, 0.2) is 45.0 Å². The molecule has 0 spiro atoms. The summed E-state index contributed by atoms with van der Waals surface area (Å²) in [6.07, 6.45) is 2.85. The van der Waals surface area contributed by atoms with Gasteiger partial charge in [-0.25, -0.2) is 0 Å². The molecule has 0 bridgehead atoms. The van der Waals surface area contributed by atoms with Crippen LogP contribution >= 0.6 is 15.9 Å². The highest BCUT2D eigenvalue weighted by atomic mass is 79.9. The molecule has 0 saturated carbocycles. The minimum absolute atomic E-state index is 0.176. The van der Waals surface area contributed by atoms with Gasteiger partial charge in [0.05, 0.1) is 11.1 Å². The van der Waals surface area contributed by atoms with E-state index in [2.05, 4.69) is 34.7 Å². The van der Waals surface area contributed by atoms with Crippen LogP contribution < -0.4 is 4.74 Å². The number of benzene rings is 2. The zero-order valence-corrected chi connectivity index (χ0v) is 20.0. The Morgan fingerprint density at radius 3 is 2.69 bits per heavy atom. The SMILES string of the molecule is Cc1cc(O)c(CN2C[C@H](C)C[C@H](C)C2)c2c1C(=O)C(=Cc1cc3cc(Br)ccc3o1)O2. The van der Waals surface area contributed by atoms with Gasteiger partial charge in [-0.2, -0.15) is 0 Å². The summed E-state index contributed by atoms with van der Waals surface area (Å²) in [4.78, 5) is 15.6. The molecule has 3 heterocycles. The van der Waals surface area contributed by atoms with Crippen molar-refractivity contribution in [3.05, 3.63) is 63.0 Å². The number of ketones is 1. The first kappa shape index (κ1) is 21.3. The first-order valence-electron chi connectivity index (χ1n) is 11.0. The summed E-state index contributed by atoms with van der Waals surface area (Å²) in [5.74, 6) is 2.44. The molecular formula is C26H26BrNO4. The number of aryl methyl sites for hydroxylation is 1. The van der Waals surface area contributed by atoms with Crippen LogP contribution in [0.3, 0.4) is 0 Å². The van der Waals surface area contributed by atoms with Crippen molar-refractivity contribution in [2.75, 3.05) is 13.1 Å². The van der Waals surface area contributed by atoms with Gasteiger partial charge < -0.3 is 14.3 Å². The van der Waals surface area contributed by atoms with Crippen LogP contribution in [0.4, 0.5) is 0 Å². The highest BCUT2D eigenvalue weighted by Gasteiger charge is 2.34. The van der Waals surface area contributed by atoms with Crippen molar-refractivity contribution in [3.8, 4) is 11.5 Å². The van der Waals surface area contributed by atoms with Gasteiger partial charge in [0.25, 0.3) is 0 Å². The molecule has 2 atom stereocenters. The Morgan fingerprint density at radius 2 is 1.94 bits per heavy atom. The normalized spacial score (nSPS) is 22.5. The number of phenols is 1. The second kappa shape index (κ2) is 8.09. The lowest BCUT2D eigenvalue weighted by Crippen LogP contribution is -2.38. The number of likely N-dealkylation sites (tertiary alicyclic amines) is 1. The molecule has 2 aliphatic heterocycles. The summed E-state index contributed by atoms with van der Waals surface area (Å²) < 4.78 is 12.9. The Balaban J connectivity index is 1.49. The number of ether oxygens (including phenoxy) is 1. The summed E-state index contributed by atoms with van der Waals surface area (Å²) in [7, 11) is 0. The topological polar surface area (TPSA) is 62.9 Å². The van der Waals surface area contributed by atoms with Gasteiger partial charge >= 0.3 is 0 Å². The van der Waals surface area contributed by atoms with Crippen LogP contribution in [0, 0.1) is 18.8 Å². The molecule has 0 radical (unpaired) electrons. The molecule has 1 N–H and O–H groups in total. The van der Waals surface area contributed by atoms with Crippen LogP contribution in [-0.4, -0.2) is 28.9 Å². The number of hydrogen-bond acceptors (Lipinski definition) is 5. The van der Waals surface area contributed by atoms with Crippen LogP contribution in [-0.2, 0) is 6.54 Å². The lowest BCUT2D eigenvalue weighted by molar-refractivity contribution is 0.101. The van der Waals surface area contributed by atoms with Gasteiger partial charge in [-0.1, -0.05) is 29.8 Å². The smallest absolute Gasteiger partial charge is 0.232 e. The maximum Gasteiger partial charge on any atom is 0.232 e. The number of nitrogens with zero attached hydrogens (tertiary/aromatic N) is 1. The van der Waals surface area contributed by atoms with Crippen molar-refractivity contribution in [2.45, 2.75) is 33.7 Å². The maximum absolute atomic E-state index is 13.2. The third-order valence-electron chi connectivity index (χ3n) is 6.32. The predicted molar refractivity (Wildman–Crippen MR) is 128 cm³/mol. The number of carbonyl (C=O) groups excluding carboxylic acids is 1. The van der Waals surface area contributed by atoms with Crippen LogP contribution in [0.5, 0.6) is 11.5 Å². The number of furan rings is 1. The molecule has 1 fully saturated rings. The van der Waals surface area contributed by atoms with E-state index in [4.69, 9.17) is 9.15 Å². The molecule has 0 aliphatic carbocycles. The fraction of sp³-hybridized carbons (Fsp3) is 0.346. The standard InChI is InChI=1S/C26H26BrNO4/c1-14-6-15(2)12-28(11-14)13-20-21(29)7-16(3)24-25(30)23(32-26(20)24)10-19-9-17-8-18(27)4-5-22(17)31-19/h4-5,7-10,14-15,29H,6,11-13H2,1-3H3/t14-,15+. The maximum atomic E-state index is 13.2. The van der Waals surface area contributed by atoms with Gasteiger partial charge in [-0.15, -0.1) is 0 Å². The number of Topliss-reactive ketones (excluding diaryl/α,β-unsaturated/α-hetero) is 1. The van der Waals surface area contributed by atoms with Gasteiger partial charge in [-0.3, -0.25) is 9.69 Å². The number of halogens is 1. The molecule has 1 saturated heterocycles. The number of phenolic OH excluding ortho intramolecular Hbond substituents is 1. The summed E-state index contributed by atoms with van der Waals surface area (Å²) in [5.41, 5.74) is 2.66. The van der Waals surface area contributed by atoms with E-state index in [-0.39, 0.29) is 17.3 Å². The Labute approximate surface area is 195 Å². The number of piperidine rings is 1. The molecular weight excluding hydrogens is 470 g/mol. The predicted octanol–water partition coefficient (Wildman–Crippen LogP) is 6.30. The minimum atomic E-state index is -0.180. The van der Waals surface area contributed by atoms with Crippen molar-refractivity contribution in [3.63, 3.8) is 0 Å². The summed E-state index contributed by atoms with van der Waals surface area (Å²) >= 11 is 3.47. The number of aromatic hydroxyl groups is 1. The lowest BCUT2D eigenvalue weighted by atomic mass is 9.91. The molecule has 2 aliphatic rings. The van der Waals surface area contributed by atoms with E-state index in [1.54, 1.807) is 12.1 Å². The van der Waals surface area contributed by atoms with Crippen molar-refractivity contribution < 1.29 is 19.1 Å². The van der Waals surface area contributed by atoms with E-state index in [1.165, 1.54) is 6.42 Å². The van der Waals surface area contributed by atoms with Crippen molar-refractivity contribution in [1.29, 1.82) is 0 Å².